The zero-order valence-electron chi connectivity index (χ0n) is 14.8. The Balaban J connectivity index is 1.82. The van der Waals surface area contributed by atoms with E-state index in [1.807, 2.05) is 41.5 Å². The number of hydrogen-bond acceptors (Lipinski definition) is 6. The summed E-state index contributed by atoms with van der Waals surface area (Å²) in [6.07, 6.45) is 1.71. The lowest BCUT2D eigenvalue weighted by molar-refractivity contribution is -0.144. The van der Waals surface area contributed by atoms with Crippen LogP contribution in [0.15, 0.2) is 46.7 Å². The fraction of sp³-hybridized carbons (Fsp3) is 0.316. The highest BCUT2D eigenvalue weighted by atomic mass is 32.1. The minimum atomic E-state index is -0.284. The Morgan fingerprint density at radius 1 is 1.27 bits per heavy atom. The minimum Gasteiger partial charge on any atom is -0.465 e. The minimum absolute atomic E-state index is 0.113. The van der Waals surface area contributed by atoms with Gasteiger partial charge in [-0.25, -0.2) is 4.98 Å². The Morgan fingerprint density at radius 2 is 2.04 bits per heavy atom. The zero-order chi connectivity index (χ0) is 18.5. The third-order valence-corrected chi connectivity index (χ3v) is 4.68. The summed E-state index contributed by atoms with van der Waals surface area (Å²) < 4.78 is 6.60. The molecule has 6 nitrogen and oxygen atoms in total. The summed E-state index contributed by atoms with van der Waals surface area (Å²) in [5.41, 5.74) is 2.81. The Hall–Kier alpha value is -2.51. The van der Waals surface area contributed by atoms with E-state index in [1.54, 1.807) is 13.1 Å². The first-order valence-electron chi connectivity index (χ1n) is 8.44. The summed E-state index contributed by atoms with van der Waals surface area (Å²) in [5, 5.41) is 1.83. The quantitative estimate of drug-likeness (QED) is 0.598. The number of nitrogens with zero attached hydrogens (tertiary/aromatic N) is 3. The normalized spacial score (nSPS) is 11.2. The zero-order valence-corrected chi connectivity index (χ0v) is 15.7. The van der Waals surface area contributed by atoms with Crippen LogP contribution in [0.1, 0.15) is 23.7 Å². The van der Waals surface area contributed by atoms with Gasteiger partial charge in [0.25, 0.3) is 5.56 Å². The predicted octanol–water partition coefficient (Wildman–Crippen LogP) is 2.63. The largest absolute Gasteiger partial charge is 0.465 e. The van der Waals surface area contributed by atoms with Crippen LogP contribution in [0.5, 0.6) is 0 Å². The molecule has 1 aromatic carbocycles. The van der Waals surface area contributed by atoms with Crippen molar-refractivity contribution < 1.29 is 9.53 Å². The third kappa shape index (κ3) is 4.56. The molecule has 2 aromatic heterocycles. The van der Waals surface area contributed by atoms with Crippen LogP contribution in [-0.2, 0) is 22.6 Å². The number of aromatic nitrogens is 2. The third-order valence-electron chi connectivity index (χ3n) is 3.93. The van der Waals surface area contributed by atoms with Crippen molar-refractivity contribution in [2.45, 2.75) is 26.9 Å². The topological polar surface area (TPSA) is 63.9 Å². The molecule has 7 heteroatoms. The SMILES string of the molecule is CCOC(=O)CN(Cc1ccc(C)cc1)Cc1cc(=O)n2ccsc2n1. The summed E-state index contributed by atoms with van der Waals surface area (Å²) in [4.78, 5) is 31.3. The lowest BCUT2D eigenvalue weighted by Crippen LogP contribution is -2.31. The molecule has 0 saturated carbocycles. The van der Waals surface area contributed by atoms with Crippen LogP contribution < -0.4 is 5.56 Å². The molecule has 0 bridgehead atoms. The van der Waals surface area contributed by atoms with Crippen LogP contribution in [0, 0.1) is 6.92 Å². The van der Waals surface area contributed by atoms with Crippen molar-refractivity contribution in [2.24, 2.45) is 0 Å². The lowest BCUT2D eigenvalue weighted by atomic mass is 10.1. The molecule has 26 heavy (non-hydrogen) atoms. The van der Waals surface area contributed by atoms with E-state index in [9.17, 15) is 9.59 Å². The van der Waals surface area contributed by atoms with Gasteiger partial charge in [-0.05, 0) is 19.4 Å². The second-order valence-electron chi connectivity index (χ2n) is 6.08. The molecular weight excluding hydrogens is 350 g/mol. The number of benzene rings is 1. The number of carbonyl (C=O) groups excluding carboxylic acids is 1. The van der Waals surface area contributed by atoms with Crippen LogP contribution >= 0.6 is 11.3 Å². The van der Waals surface area contributed by atoms with Crippen molar-refractivity contribution in [2.75, 3.05) is 13.2 Å². The second kappa shape index (κ2) is 8.25. The molecule has 136 valence electrons. The van der Waals surface area contributed by atoms with E-state index in [-0.39, 0.29) is 18.1 Å². The molecule has 0 aliphatic heterocycles. The van der Waals surface area contributed by atoms with Gasteiger partial charge in [-0.3, -0.25) is 18.9 Å². The molecule has 0 radical (unpaired) electrons. The van der Waals surface area contributed by atoms with Gasteiger partial charge in [0.05, 0.1) is 18.8 Å². The number of fused-ring (bicyclic) bond motifs is 1. The maximum Gasteiger partial charge on any atom is 0.320 e. The second-order valence-corrected chi connectivity index (χ2v) is 6.95. The van der Waals surface area contributed by atoms with Crippen molar-refractivity contribution >= 4 is 22.3 Å². The van der Waals surface area contributed by atoms with Gasteiger partial charge < -0.3 is 4.74 Å². The van der Waals surface area contributed by atoms with Crippen molar-refractivity contribution in [3.63, 3.8) is 0 Å². The molecular formula is C19H21N3O3S. The first-order chi connectivity index (χ1) is 12.5. The molecule has 0 saturated heterocycles. The number of thiazole rings is 1. The van der Waals surface area contributed by atoms with Crippen molar-refractivity contribution in [3.05, 3.63) is 69.1 Å². The lowest BCUT2D eigenvalue weighted by Gasteiger charge is -2.21. The average molecular weight is 371 g/mol. The maximum atomic E-state index is 12.2. The number of ether oxygens (including phenoxy) is 1. The Morgan fingerprint density at radius 3 is 2.77 bits per heavy atom. The molecule has 0 aliphatic carbocycles. The molecule has 3 aromatic rings. The summed E-state index contributed by atoms with van der Waals surface area (Å²) in [7, 11) is 0. The molecule has 0 N–H and O–H groups in total. The van der Waals surface area contributed by atoms with Crippen LogP contribution in [0.3, 0.4) is 0 Å². The van der Waals surface area contributed by atoms with E-state index in [0.717, 1.165) is 5.56 Å². The van der Waals surface area contributed by atoms with Gasteiger partial charge in [0.15, 0.2) is 4.96 Å². The summed E-state index contributed by atoms with van der Waals surface area (Å²) in [6.45, 7) is 5.29. The van der Waals surface area contributed by atoms with Crippen LogP contribution in [0.2, 0.25) is 0 Å². The van der Waals surface area contributed by atoms with E-state index < -0.39 is 0 Å². The van der Waals surface area contributed by atoms with E-state index in [1.165, 1.54) is 27.4 Å². The Bertz CT molecular complexity index is 947. The van der Waals surface area contributed by atoms with Gasteiger partial charge in [-0.15, -0.1) is 11.3 Å². The first kappa shape index (κ1) is 18.3. The smallest absolute Gasteiger partial charge is 0.320 e. The molecule has 2 heterocycles. The molecule has 0 amide bonds. The molecule has 0 aliphatic rings. The van der Waals surface area contributed by atoms with Gasteiger partial charge in [0, 0.05) is 30.7 Å². The monoisotopic (exact) mass is 371 g/mol. The van der Waals surface area contributed by atoms with Gasteiger partial charge >= 0.3 is 5.97 Å². The van der Waals surface area contributed by atoms with Crippen molar-refractivity contribution in [1.29, 1.82) is 0 Å². The highest BCUT2D eigenvalue weighted by molar-refractivity contribution is 7.15. The fourth-order valence-corrected chi connectivity index (χ4v) is 3.45. The molecule has 0 unspecified atom stereocenters. The highest BCUT2D eigenvalue weighted by Gasteiger charge is 2.15. The van der Waals surface area contributed by atoms with Crippen LogP contribution in [0.25, 0.3) is 4.96 Å². The first-order valence-corrected chi connectivity index (χ1v) is 9.32. The molecule has 0 spiro atoms. The number of carbonyl (C=O) groups is 1. The van der Waals surface area contributed by atoms with E-state index in [2.05, 4.69) is 4.98 Å². The summed E-state index contributed by atoms with van der Waals surface area (Å²) in [5.74, 6) is -0.284. The van der Waals surface area contributed by atoms with Gasteiger partial charge in [-0.1, -0.05) is 29.8 Å². The summed E-state index contributed by atoms with van der Waals surface area (Å²) >= 11 is 1.41. The van der Waals surface area contributed by atoms with E-state index in [0.29, 0.717) is 30.4 Å². The number of rotatable bonds is 7. The Kier molecular flexibility index (Phi) is 5.80. The van der Waals surface area contributed by atoms with Gasteiger partial charge in [0.2, 0.25) is 0 Å². The number of esters is 1. The van der Waals surface area contributed by atoms with Crippen LogP contribution in [-0.4, -0.2) is 33.4 Å². The predicted molar refractivity (Wildman–Crippen MR) is 101 cm³/mol. The Labute approximate surface area is 155 Å². The molecule has 3 rings (SSSR count). The van der Waals surface area contributed by atoms with E-state index >= 15 is 0 Å². The van der Waals surface area contributed by atoms with Gasteiger partial charge in [0.1, 0.15) is 0 Å². The van der Waals surface area contributed by atoms with Crippen LogP contribution in [0.4, 0.5) is 0 Å². The average Bonchev–Trinajstić information content (AvgIpc) is 3.06. The fourth-order valence-electron chi connectivity index (χ4n) is 2.71. The number of aryl methyl sites for hydroxylation is 1. The number of hydrogen-bond donors (Lipinski definition) is 0. The molecule has 0 atom stereocenters. The standard InChI is InChI=1S/C19H21N3O3S/c1-3-25-18(24)13-21(11-15-6-4-14(2)5-7-15)12-16-10-17(23)22-8-9-26-19(22)20-16/h4-10H,3,11-13H2,1-2H3. The van der Waals surface area contributed by atoms with Crippen molar-refractivity contribution in [1.82, 2.24) is 14.3 Å². The molecule has 0 fully saturated rings. The van der Waals surface area contributed by atoms with Gasteiger partial charge in [-0.2, -0.15) is 0 Å². The van der Waals surface area contributed by atoms with Crippen molar-refractivity contribution in [3.8, 4) is 0 Å². The highest BCUT2D eigenvalue weighted by Crippen LogP contribution is 2.12. The maximum absolute atomic E-state index is 12.2. The summed E-state index contributed by atoms with van der Waals surface area (Å²) in [6, 6.07) is 9.68. The van der Waals surface area contributed by atoms with E-state index in [4.69, 9.17) is 4.74 Å².